The molecule has 2 heterocycles. The first-order valence-electron chi connectivity index (χ1n) is 14.9. The van der Waals surface area contributed by atoms with Crippen LogP contribution >= 0.6 is 0 Å². The summed E-state index contributed by atoms with van der Waals surface area (Å²) in [6.45, 7) is 6.95. The summed E-state index contributed by atoms with van der Waals surface area (Å²) in [5.41, 5.74) is 3.51. The minimum absolute atomic E-state index is 0.141. The predicted octanol–water partition coefficient (Wildman–Crippen LogP) is 2.88. The molecule has 0 aromatic heterocycles. The van der Waals surface area contributed by atoms with Crippen LogP contribution in [0.15, 0.2) is 42.5 Å². The van der Waals surface area contributed by atoms with E-state index in [1.54, 1.807) is 21.3 Å². The van der Waals surface area contributed by atoms with Crippen molar-refractivity contribution >= 4 is 5.69 Å². The highest BCUT2D eigenvalue weighted by Crippen LogP contribution is 2.38. The molecule has 0 aliphatic carbocycles. The molecule has 2 aromatic rings. The lowest BCUT2D eigenvalue weighted by atomic mass is 9.81. The Kier molecular flexibility index (Phi) is 13.3. The van der Waals surface area contributed by atoms with Crippen molar-refractivity contribution in [2.24, 2.45) is 0 Å². The second kappa shape index (κ2) is 17.1. The Bertz CT molecular complexity index is 1060. The van der Waals surface area contributed by atoms with Gasteiger partial charge in [-0.05, 0) is 48.2 Å². The quantitative estimate of drug-likeness (QED) is 0.253. The number of hydrogen-bond acceptors (Lipinski definition) is 10. The fourth-order valence-electron chi connectivity index (χ4n) is 5.54. The number of aliphatic hydroxyl groups is 1. The van der Waals surface area contributed by atoms with E-state index in [0.717, 1.165) is 60.8 Å². The van der Waals surface area contributed by atoms with Crippen molar-refractivity contribution < 1.29 is 38.3 Å². The van der Waals surface area contributed by atoms with Gasteiger partial charge in [0.15, 0.2) is 0 Å². The lowest BCUT2D eigenvalue weighted by Gasteiger charge is -2.44. The molecule has 4 rings (SSSR count). The van der Waals surface area contributed by atoms with Gasteiger partial charge < -0.3 is 48.5 Å². The van der Waals surface area contributed by atoms with E-state index in [0.29, 0.717) is 46.0 Å². The van der Waals surface area contributed by atoms with E-state index in [9.17, 15) is 5.11 Å². The Morgan fingerprint density at radius 2 is 1.79 bits per heavy atom. The summed E-state index contributed by atoms with van der Waals surface area (Å²) < 4.78 is 40.4. The predicted molar refractivity (Wildman–Crippen MR) is 160 cm³/mol. The lowest BCUT2D eigenvalue weighted by molar-refractivity contribution is -0.185. The molecule has 1 fully saturated rings. The van der Waals surface area contributed by atoms with Crippen LogP contribution in [-0.4, -0.2) is 104 Å². The van der Waals surface area contributed by atoms with Crippen molar-refractivity contribution in [1.29, 1.82) is 0 Å². The number of piperidine rings is 1. The Morgan fingerprint density at radius 3 is 2.57 bits per heavy atom. The summed E-state index contributed by atoms with van der Waals surface area (Å²) in [7, 11) is 4.97. The third kappa shape index (κ3) is 8.87. The Labute approximate surface area is 250 Å². The summed E-state index contributed by atoms with van der Waals surface area (Å²) in [6.07, 6.45) is 0.638. The zero-order valence-corrected chi connectivity index (χ0v) is 25.3. The van der Waals surface area contributed by atoms with Gasteiger partial charge in [0.25, 0.3) is 0 Å². The first kappa shape index (κ1) is 32.6. The van der Waals surface area contributed by atoms with Crippen LogP contribution < -0.4 is 15.0 Å². The molecule has 10 nitrogen and oxygen atoms in total. The largest absolute Gasteiger partial charge is 0.490 e. The number of aliphatic hydroxyl groups excluding tert-OH is 1. The van der Waals surface area contributed by atoms with Crippen LogP contribution in [0.4, 0.5) is 5.69 Å². The summed E-state index contributed by atoms with van der Waals surface area (Å²) >= 11 is 0. The Hall–Kier alpha value is -2.28. The number of hydrogen-bond donors (Lipinski definition) is 2. The number of ether oxygens (including phenoxy) is 7. The van der Waals surface area contributed by atoms with Crippen LogP contribution in [0.2, 0.25) is 0 Å². The lowest BCUT2D eigenvalue weighted by Crippen LogP contribution is -2.55. The summed E-state index contributed by atoms with van der Waals surface area (Å²) in [5, 5.41) is 14.0. The summed E-state index contributed by atoms with van der Waals surface area (Å²) in [6, 6.07) is 14.6. The first-order valence-corrected chi connectivity index (χ1v) is 14.9. The molecule has 1 unspecified atom stereocenters. The number of methoxy groups -OCH3 is 3. The van der Waals surface area contributed by atoms with Crippen molar-refractivity contribution in [3.63, 3.8) is 0 Å². The molecule has 2 aromatic carbocycles. The zero-order valence-electron chi connectivity index (χ0n) is 25.3. The van der Waals surface area contributed by atoms with Crippen LogP contribution in [-0.2, 0) is 47.2 Å². The van der Waals surface area contributed by atoms with Gasteiger partial charge in [-0.1, -0.05) is 30.3 Å². The first-order chi connectivity index (χ1) is 20.6. The van der Waals surface area contributed by atoms with E-state index >= 15 is 0 Å². The van der Waals surface area contributed by atoms with E-state index in [1.807, 2.05) is 6.07 Å². The molecule has 3 atom stereocenters. The molecule has 2 N–H and O–H groups in total. The smallest absolute Gasteiger partial charge is 0.142 e. The molecule has 2 aliphatic rings. The van der Waals surface area contributed by atoms with Gasteiger partial charge in [-0.2, -0.15) is 0 Å². The van der Waals surface area contributed by atoms with Crippen LogP contribution in [0.5, 0.6) is 5.75 Å². The highest BCUT2D eigenvalue weighted by Gasteiger charge is 2.45. The molecule has 10 heteroatoms. The molecule has 2 aliphatic heterocycles. The Balaban J connectivity index is 1.51. The molecule has 0 saturated carbocycles. The molecule has 42 heavy (non-hydrogen) atoms. The molecule has 234 valence electrons. The second-order valence-corrected chi connectivity index (χ2v) is 10.8. The third-order valence-corrected chi connectivity index (χ3v) is 7.77. The molecule has 1 saturated heterocycles. The van der Waals surface area contributed by atoms with E-state index < -0.39 is 11.7 Å². The molecular weight excluding hydrogens is 540 g/mol. The Morgan fingerprint density at radius 1 is 0.976 bits per heavy atom. The maximum Gasteiger partial charge on any atom is 0.142 e. The second-order valence-electron chi connectivity index (χ2n) is 10.8. The molecule has 0 spiro atoms. The van der Waals surface area contributed by atoms with Crippen molar-refractivity contribution in [2.45, 2.75) is 43.9 Å². The summed E-state index contributed by atoms with van der Waals surface area (Å²) in [5.74, 6) is 0.901. The summed E-state index contributed by atoms with van der Waals surface area (Å²) in [4.78, 5) is 2.36. The van der Waals surface area contributed by atoms with Gasteiger partial charge in [-0.15, -0.1) is 0 Å². The van der Waals surface area contributed by atoms with Crippen LogP contribution in [0.1, 0.15) is 29.5 Å². The molecule has 0 radical (unpaired) electrons. The maximum atomic E-state index is 10.5. The third-order valence-electron chi connectivity index (χ3n) is 7.77. The average molecular weight is 589 g/mol. The number of nitrogens with one attached hydrogen (secondary N) is 1. The number of rotatable bonds is 18. The van der Waals surface area contributed by atoms with Gasteiger partial charge in [-0.3, -0.25) is 0 Å². The number of fused-ring (bicyclic) bond motifs is 1. The van der Waals surface area contributed by atoms with Gasteiger partial charge in [0.2, 0.25) is 0 Å². The minimum atomic E-state index is -0.737. The van der Waals surface area contributed by atoms with Crippen molar-refractivity contribution in [3.8, 4) is 5.75 Å². The van der Waals surface area contributed by atoms with Crippen molar-refractivity contribution in [1.82, 2.24) is 5.32 Å². The van der Waals surface area contributed by atoms with Crippen LogP contribution in [0.3, 0.4) is 0 Å². The zero-order chi connectivity index (χ0) is 29.6. The van der Waals surface area contributed by atoms with Crippen LogP contribution in [0, 0.1) is 0 Å². The van der Waals surface area contributed by atoms with E-state index in [-0.39, 0.29) is 19.3 Å². The average Bonchev–Trinajstić information content (AvgIpc) is 3.02. The maximum absolute atomic E-state index is 10.5. The van der Waals surface area contributed by atoms with Gasteiger partial charge in [0, 0.05) is 41.0 Å². The number of benzene rings is 2. The van der Waals surface area contributed by atoms with Gasteiger partial charge in [0.1, 0.15) is 30.2 Å². The molecule has 0 amide bonds. The molecular formula is C32H48N2O8. The van der Waals surface area contributed by atoms with Gasteiger partial charge in [0.05, 0.1) is 51.9 Å². The fourth-order valence-corrected chi connectivity index (χ4v) is 5.54. The highest BCUT2D eigenvalue weighted by molar-refractivity contribution is 5.61. The standard InChI is InChI=1S/C32H48N2O8/c1-36-15-4-13-34-14-16-40-30-10-7-26(19-29(30)34)22-41-31-20-33-12-11-32(31,42-24-28(35)23-38-3)27-8-5-25(6-9-27)21-39-18-17-37-2/h5-10,19,28,31,33,35H,4,11-18,20-24H2,1-3H3/t28?,31-,32-/m0/s1. The topological polar surface area (TPSA) is 100 Å². The van der Waals surface area contributed by atoms with Gasteiger partial charge >= 0.3 is 0 Å². The monoisotopic (exact) mass is 588 g/mol. The molecule has 0 bridgehead atoms. The van der Waals surface area contributed by atoms with E-state index in [2.05, 4.69) is 46.6 Å². The normalized spacial score (nSPS) is 21.1. The van der Waals surface area contributed by atoms with E-state index in [4.69, 9.17) is 33.2 Å². The number of nitrogens with zero attached hydrogens (tertiary/aromatic N) is 1. The highest BCUT2D eigenvalue weighted by atomic mass is 16.6. The number of anilines is 1. The van der Waals surface area contributed by atoms with Crippen LogP contribution in [0.25, 0.3) is 0 Å². The fraction of sp³-hybridized carbons (Fsp3) is 0.625. The minimum Gasteiger partial charge on any atom is -0.490 e. The SMILES string of the molecule is COCCCN1CCOc2ccc(CO[C@H]3CNCC[C@]3(OCC(O)COC)c3ccc(COCCOC)cc3)cc21. The van der Waals surface area contributed by atoms with E-state index in [1.165, 1.54) is 0 Å². The van der Waals surface area contributed by atoms with Gasteiger partial charge in [-0.25, -0.2) is 0 Å². The van der Waals surface area contributed by atoms with Crippen molar-refractivity contribution in [3.05, 3.63) is 59.2 Å². The van der Waals surface area contributed by atoms with Crippen molar-refractivity contribution in [2.75, 3.05) is 92.0 Å².